The number of benzene rings is 1. The van der Waals surface area contributed by atoms with Crippen molar-refractivity contribution in [3.8, 4) is 17.2 Å². The minimum Gasteiger partial charge on any atom is -0.484 e. The molecule has 1 aromatic heterocycles. The van der Waals surface area contributed by atoms with Crippen molar-refractivity contribution in [1.29, 1.82) is 0 Å². The lowest BCUT2D eigenvalue weighted by Crippen LogP contribution is -2.49. The second-order valence-electron chi connectivity index (χ2n) is 6.10. The van der Waals surface area contributed by atoms with Crippen LogP contribution in [0, 0.1) is 0 Å². The number of carbonyl (C=O) groups is 1. The molecule has 3 heterocycles. The van der Waals surface area contributed by atoms with Crippen LogP contribution in [0.4, 0.5) is 0 Å². The highest BCUT2D eigenvalue weighted by atomic mass is 16.7. The van der Waals surface area contributed by atoms with Crippen molar-refractivity contribution in [2.75, 3.05) is 19.9 Å². The summed E-state index contributed by atoms with van der Waals surface area (Å²) in [5, 5.41) is 19.2. The molecule has 1 fully saturated rings. The molecule has 2 N–H and O–H groups in total. The van der Waals surface area contributed by atoms with Gasteiger partial charge in [-0.2, -0.15) is 0 Å². The smallest absolute Gasteiger partial charge is 0.275 e. The number of oxazole rings is 1. The molecule has 9 heteroatoms. The highest BCUT2D eigenvalue weighted by molar-refractivity contribution is 5.92. The Morgan fingerprint density at radius 2 is 2.12 bits per heavy atom. The zero-order valence-corrected chi connectivity index (χ0v) is 13.8. The number of piperidine rings is 1. The SMILES string of the molecule is O=C(c1coc(COc2ccc3c(c2)OCO3)n1)N1CC[C@H](O)[C@@H](O)C1. The fraction of sp³-hybridized carbons (Fsp3) is 0.412. The van der Waals surface area contributed by atoms with Crippen LogP contribution < -0.4 is 14.2 Å². The number of nitrogens with zero attached hydrogens (tertiary/aromatic N) is 2. The molecular formula is C17H18N2O7. The Balaban J connectivity index is 1.36. The number of likely N-dealkylation sites (tertiary alicyclic amines) is 1. The van der Waals surface area contributed by atoms with Gasteiger partial charge in [0.25, 0.3) is 5.91 Å². The molecule has 0 radical (unpaired) electrons. The molecule has 2 atom stereocenters. The highest BCUT2D eigenvalue weighted by Gasteiger charge is 2.30. The predicted octanol–water partition coefficient (Wildman–Crippen LogP) is 0.550. The van der Waals surface area contributed by atoms with Gasteiger partial charge >= 0.3 is 0 Å². The van der Waals surface area contributed by atoms with Crippen LogP contribution in [0.15, 0.2) is 28.9 Å². The summed E-state index contributed by atoms with van der Waals surface area (Å²) in [4.78, 5) is 18.0. The second-order valence-corrected chi connectivity index (χ2v) is 6.10. The van der Waals surface area contributed by atoms with Gasteiger partial charge in [-0.15, -0.1) is 0 Å². The molecule has 0 spiro atoms. The van der Waals surface area contributed by atoms with Crippen LogP contribution in [0.2, 0.25) is 0 Å². The lowest BCUT2D eigenvalue weighted by Gasteiger charge is -2.32. The van der Waals surface area contributed by atoms with Crippen LogP contribution in [0.25, 0.3) is 0 Å². The monoisotopic (exact) mass is 362 g/mol. The Morgan fingerprint density at radius 3 is 2.96 bits per heavy atom. The third-order valence-corrected chi connectivity index (χ3v) is 4.31. The van der Waals surface area contributed by atoms with Crippen LogP contribution in [-0.4, -0.2) is 58.1 Å². The second kappa shape index (κ2) is 6.85. The van der Waals surface area contributed by atoms with Gasteiger partial charge in [-0.05, 0) is 18.6 Å². The van der Waals surface area contributed by atoms with Crippen molar-refractivity contribution in [1.82, 2.24) is 9.88 Å². The topological polar surface area (TPSA) is 114 Å². The van der Waals surface area contributed by atoms with Gasteiger partial charge in [-0.25, -0.2) is 4.98 Å². The van der Waals surface area contributed by atoms with Gasteiger partial charge in [0.2, 0.25) is 12.7 Å². The van der Waals surface area contributed by atoms with E-state index in [0.717, 1.165) is 0 Å². The van der Waals surface area contributed by atoms with Crippen molar-refractivity contribution in [2.24, 2.45) is 0 Å². The number of hydrogen-bond acceptors (Lipinski definition) is 8. The molecule has 4 rings (SSSR count). The number of fused-ring (bicyclic) bond motifs is 1. The largest absolute Gasteiger partial charge is 0.484 e. The average Bonchev–Trinajstić information content (AvgIpc) is 3.30. The Bertz CT molecular complexity index is 806. The molecule has 1 amide bonds. The van der Waals surface area contributed by atoms with Crippen molar-refractivity contribution in [3.63, 3.8) is 0 Å². The third kappa shape index (κ3) is 3.31. The van der Waals surface area contributed by atoms with Crippen molar-refractivity contribution in [3.05, 3.63) is 36.0 Å². The number of aliphatic hydroxyl groups is 2. The molecule has 2 aromatic rings. The zero-order chi connectivity index (χ0) is 18.1. The van der Waals surface area contributed by atoms with Crippen LogP contribution in [0.1, 0.15) is 22.8 Å². The van der Waals surface area contributed by atoms with E-state index in [1.165, 1.54) is 11.2 Å². The molecular weight excluding hydrogens is 344 g/mol. The lowest BCUT2D eigenvalue weighted by atomic mass is 10.0. The van der Waals surface area contributed by atoms with E-state index in [2.05, 4.69) is 4.98 Å². The van der Waals surface area contributed by atoms with E-state index in [9.17, 15) is 15.0 Å². The first-order chi connectivity index (χ1) is 12.6. The van der Waals surface area contributed by atoms with E-state index >= 15 is 0 Å². The molecule has 138 valence electrons. The van der Waals surface area contributed by atoms with E-state index in [-0.39, 0.29) is 37.4 Å². The van der Waals surface area contributed by atoms with Gasteiger partial charge in [0.05, 0.1) is 12.2 Å². The Labute approximate surface area is 148 Å². The molecule has 0 bridgehead atoms. The normalized spacial score (nSPS) is 21.7. The van der Waals surface area contributed by atoms with E-state index in [0.29, 0.717) is 30.2 Å². The van der Waals surface area contributed by atoms with E-state index in [1.54, 1.807) is 18.2 Å². The Kier molecular flexibility index (Phi) is 4.39. The quantitative estimate of drug-likeness (QED) is 0.810. The molecule has 0 aliphatic carbocycles. The highest BCUT2D eigenvalue weighted by Crippen LogP contribution is 2.35. The van der Waals surface area contributed by atoms with Gasteiger partial charge in [0, 0.05) is 19.2 Å². The number of carbonyl (C=O) groups excluding carboxylic acids is 1. The first-order valence-corrected chi connectivity index (χ1v) is 8.22. The van der Waals surface area contributed by atoms with E-state index in [1.807, 2.05) is 0 Å². The maximum atomic E-state index is 12.4. The first-order valence-electron chi connectivity index (χ1n) is 8.22. The summed E-state index contributed by atoms with van der Waals surface area (Å²) >= 11 is 0. The van der Waals surface area contributed by atoms with Crippen LogP contribution in [0.5, 0.6) is 17.2 Å². The standard InChI is InChI=1S/C17H18N2O7/c20-12-3-4-19(6-13(12)21)17(22)11-7-24-16(18-11)8-23-10-1-2-14-15(5-10)26-9-25-14/h1-2,5,7,12-13,20-21H,3-4,6,8-9H2/t12-,13-/m0/s1. The maximum absolute atomic E-state index is 12.4. The molecule has 1 saturated heterocycles. The van der Waals surface area contributed by atoms with Gasteiger partial charge in [-0.3, -0.25) is 4.79 Å². The molecule has 1 aromatic carbocycles. The molecule has 0 saturated carbocycles. The summed E-state index contributed by atoms with van der Waals surface area (Å²) < 4.78 is 21.4. The van der Waals surface area contributed by atoms with Crippen molar-refractivity contribution < 1.29 is 33.6 Å². The number of β-amino-alcohol motifs (C(OH)–C–C–N with tert-alkyl or cyclic N) is 1. The molecule has 9 nitrogen and oxygen atoms in total. The summed E-state index contributed by atoms with van der Waals surface area (Å²) in [7, 11) is 0. The number of amides is 1. The number of aliphatic hydroxyl groups excluding tert-OH is 2. The lowest BCUT2D eigenvalue weighted by molar-refractivity contribution is -0.0323. The third-order valence-electron chi connectivity index (χ3n) is 4.31. The number of aromatic nitrogens is 1. The van der Waals surface area contributed by atoms with Crippen LogP contribution in [0.3, 0.4) is 0 Å². The minimum atomic E-state index is -0.951. The van der Waals surface area contributed by atoms with Gasteiger partial charge in [0.15, 0.2) is 23.8 Å². The van der Waals surface area contributed by atoms with Crippen LogP contribution in [-0.2, 0) is 6.61 Å². The first kappa shape index (κ1) is 16.7. The number of ether oxygens (including phenoxy) is 3. The summed E-state index contributed by atoms with van der Waals surface area (Å²) in [5.41, 5.74) is 0.137. The van der Waals surface area contributed by atoms with Crippen LogP contribution >= 0.6 is 0 Å². The van der Waals surface area contributed by atoms with Gasteiger partial charge < -0.3 is 33.7 Å². The van der Waals surface area contributed by atoms with Crippen molar-refractivity contribution in [2.45, 2.75) is 25.2 Å². The molecule has 0 unspecified atom stereocenters. The number of rotatable bonds is 4. The summed E-state index contributed by atoms with van der Waals surface area (Å²) in [5.74, 6) is 1.73. The summed E-state index contributed by atoms with van der Waals surface area (Å²) in [6.45, 7) is 0.656. The molecule has 2 aliphatic heterocycles. The minimum absolute atomic E-state index is 0.0499. The Hall–Kier alpha value is -2.78. The fourth-order valence-electron chi connectivity index (χ4n) is 2.85. The molecule has 2 aliphatic rings. The summed E-state index contributed by atoms with van der Waals surface area (Å²) in [6.07, 6.45) is -0.168. The Morgan fingerprint density at radius 1 is 1.27 bits per heavy atom. The van der Waals surface area contributed by atoms with E-state index < -0.39 is 12.2 Å². The number of hydrogen-bond donors (Lipinski definition) is 2. The van der Waals surface area contributed by atoms with Crippen molar-refractivity contribution >= 4 is 5.91 Å². The predicted molar refractivity (Wildman–Crippen MR) is 85.9 cm³/mol. The van der Waals surface area contributed by atoms with Gasteiger partial charge in [0.1, 0.15) is 12.0 Å². The summed E-state index contributed by atoms with van der Waals surface area (Å²) in [6, 6.07) is 5.19. The molecule has 26 heavy (non-hydrogen) atoms. The van der Waals surface area contributed by atoms with E-state index in [4.69, 9.17) is 18.6 Å². The van der Waals surface area contributed by atoms with Gasteiger partial charge in [-0.1, -0.05) is 0 Å². The average molecular weight is 362 g/mol. The fourth-order valence-corrected chi connectivity index (χ4v) is 2.85. The zero-order valence-electron chi connectivity index (χ0n) is 13.8. The maximum Gasteiger partial charge on any atom is 0.275 e.